The van der Waals surface area contributed by atoms with Crippen LogP contribution < -0.4 is 5.73 Å². The highest BCUT2D eigenvalue weighted by Crippen LogP contribution is 2.11. The number of nitrogens with two attached hydrogens (primary N) is 1. The Balaban J connectivity index is 3.08. The monoisotopic (exact) mass is 174 g/mol. The van der Waals surface area contributed by atoms with Crippen molar-refractivity contribution in [3.63, 3.8) is 0 Å². The number of hydrogen-bond donors (Lipinski definition) is 2. The van der Waals surface area contributed by atoms with Crippen LogP contribution in [0.4, 0.5) is 0 Å². The van der Waals surface area contributed by atoms with Crippen LogP contribution in [0.2, 0.25) is 0 Å². The summed E-state index contributed by atoms with van der Waals surface area (Å²) in [5.41, 5.74) is 5.21. The van der Waals surface area contributed by atoms with E-state index in [0.717, 1.165) is 18.1 Å². The Morgan fingerprint density at radius 2 is 2.27 bits per heavy atom. The van der Waals surface area contributed by atoms with Gasteiger partial charge in [-0.3, -0.25) is 5.41 Å². The van der Waals surface area contributed by atoms with Gasteiger partial charge in [0.25, 0.3) is 0 Å². The maximum absolute atomic E-state index is 6.99. The second-order valence-corrected chi connectivity index (χ2v) is 4.01. The standard InChI is InChI=1S/C8H18N2S/c1-3-7(2)6-11-5-4-8(9)10/h7H,3-6H2,1-2H3,(H3,9,10). The largest absolute Gasteiger partial charge is 0.388 e. The van der Waals surface area contributed by atoms with Gasteiger partial charge in [-0.1, -0.05) is 20.3 Å². The third kappa shape index (κ3) is 7.72. The van der Waals surface area contributed by atoms with Crippen molar-refractivity contribution in [1.29, 1.82) is 5.41 Å². The molecule has 0 saturated carbocycles. The molecule has 0 aromatic rings. The first kappa shape index (κ1) is 10.8. The van der Waals surface area contributed by atoms with Crippen molar-refractivity contribution in [2.45, 2.75) is 26.7 Å². The molecule has 0 bridgehead atoms. The maximum atomic E-state index is 6.99. The fourth-order valence-electron chi connectivity index (χ4n) is 0.584. The smallest absolute Gasteiger partial charge is 0.0913 e. The lowest BCUT2D eigenvalue weighted by molar-refractivity contribution is 0.637. The molecule has 0 aromatic carbocycles. The Morgan fingerprint density at radius 1 is 1.64 bits per heavy atom. The predicted octanol–water partition coefficient (Wildman–Crippen LogP) is 2.09. The molecule has 11 heavy (non-hydrogen) atoms. The van der Waals surface area contributed by atoms with Crippen molar-refractivity contribution < 1.29 is 0 Å². The minimum absolute atomic E-state index is 0.307. The molecule has 0 fully saturated rings. The van der Waals surface area contributed by atoms with Crippen LogP contribution in [0, 0.1) is 11.3 Å². The molecule has 0 amide bonds. The van der Waals surface area contributed by atoms with Gasteiger partial charge in [-0.15, -0.1) is 0 Å². The van der Waals surface area contributed by atoms with Crippen molar-refractivity contribution in [1.82, 2.24) is 0 Å². The zero-order chi connectivity index (χ0) is 8.69. The summed E-state index contributed by atoms with van der Waals surface area (Å²) in [6.45, 7) is 4.46. The van der Waals surface area contributed by atoms with Gasteiger partial charge in [0.2, 0.25) is 0 Å². The molecule has 0 spiro atoms. The van der Waals surface area contributed by atoms with Crippen molar-refractivity contribution in [3.8, 4) is 0 Å². The fourth-order valence-corrected chi connectivity index (χ4v) is 1.75. The van der Waals surface area contributed by atoms with Crippen LogP contribution in [0.15, 0.2) is 0 Å². The quantitative estimate of drug-likeness (QED) is 0.368. The summed E-state index contributed by atoms with van der Waals surface area (Å²) < 4.78 is 0. The van der Waals surface area contributed by atoms with Crippen LogP contribution in [-0.4, -0.2) is 17.3 Å². The summed E-state index contributed by atoms with van der Waals surface area (Å²) in [5.74, 6) is 3.30. The van der Waals surface area contributed by atoms with Gasteiger partial charge < -0.3 is 5.73 Å². The summed E-state index contributed by atoms with van der Waals surface area (Å²) in [6, 6.07) is 0. The van der Waals surface area contributed by atoms with Gasteiger partial charge in [0.1, 0.15) is 0 Å². The SMILES string of the molecule is CCC(C)CSCCC(=N)N. The van der Waals surface area contributed by atoms with Crippen LogP contribution in [0.25, 0.3) is 0 Å². The van der Waals surface area contributed by atoms with E-state index >= 15 is 0 Å². The molecule has 2 nitrogen and oxygen atoms in total. The number of rotatable bonds is 6. The summed E-state index contributed by atoms with van der Waals surface area (Å²) in [6.07, 6.45) is 1.98. The molecule has 0 rings (SSSR count). The normalized spacial score (nSPS) is 12.9. The molecular formula is C8H18N2S. The van der Waals surface area contributed by atoms with E-state index in [2.05, 4.69) is 13.8 Å². The lowest BCUT2D eigenvalue weighted by Gasteiger charge is -2.06. The summed E-state index contributed by atoms with van der Waals surface area (Å²) in [5, 5.41) is 6.99. The first-order chi connectivity index (χ1) is 5.16. The molecular weight excluding hydrogens is 156 g/mol. The van der Waals surface area contributed by atoms with E-state index in [4.69, 9.17) is 11.1 Å². The summed E-state index contributed by atoms with van der Waals surface area (Å²) in [7, 11) is 0. The summed E-state index contributed by atoms with van der Waals surface area (Å²) >= 11 is 1.89. The van der Waals surface area contributed by atoms with Gasteiger partial charge in [-0.25, -0.2) is 0 Å². The van der Waals surface area contributed by atoms with Crippen molar-refractivity contribution in [2.24, 2.45) is 11.7 Å². The lowest BCUT2D eigenvalue weighted by Crippen LogP contribution is -2.10. The van der Waals surface area contributed by atoms with Crippen molar-refractivity contribution >= 4 is 17.6 Å². The van der Waals surface area contributed by atoms with E-state index in [0.29, 0.717) is 5.84 Å². The molecule has 0 aliphatic carbocycles. The average Bonchev–Trinajstić information content (AvgIpc) is 1.97. The molecule has 1 atom stereocenters. The molecule has 0 heterocycles. The van der Waals surface area contributed by atoms with Gasteiger partial charge >= 0.3 is 0 Å². The van der Waals surface area contributed by atoms with E-state index in [1.165, 1.54) is 12.2 Å². The minimum Gasteiger partial charge on any atom is -0.388 e. The van der Waals surface area contributed by atoms with Crippen LogP contribution in [0.3, 0.4) is 0 Å². The Kier molecular flexibility index (Phi) is 6.42. The van der Waals surface area contributed by atoms with E-state index < -0.39 is 0 Å². The van der Waals surface area contributed by atoms with E-state index in [9.17, 15) is 0 Å². The fraction of sp³-hybridized carbons (Fsp3) is 0.875. The Morgan fingerprint density at radius 3 is 2.73 bits per heavy atom. The van der Waals surface area contributed by atoms with Gasteiger partial charge in [-0.2, -0.15) is 11.8 Å². The third-order valence-corrected chi connectivity index (χ3v) is 2.91. The zero-order valence-electron chi connectivity index (χ0n) is 7.39. The van der Waals surface area contributed by atoms with Gasteiger partial charge in [0.05, 0.1) is 5.84 Å². The molecule has 0 radical (unpaired) electrons. The molecule has 66 valence electrons. The average molecular weight is 174 g/mol. The topological polar surface area (TPSA) is 49.9 Å². The highest BCUT2D eigenvalue weighted by molar-refractivity contribution is 7.99. The van der Waals surface area contributed by atoms with Crippen LogP contribution in [0.5, 0.6) is 0 Å². The number of amidine groups is 1. The van der Waals surface area contributed by atoms with Gasteiger partial charge in [0.15, 0.2) is 0 Å². The lowest BCUT2D eigenvalue weighted by atomic mass is 10.2. The third-order valence-electron chi connectivity index (χ3n) is 1.62. The zero-order valence-corrected chi connectivity index (χ0v) is 8.21. The van der Waals surface area contributed by atoms with Gasteiger partial charge in [-0.05, 0) is 11.7 Å². The predicted molar refractivity (Wildman–Crippen MR) is 53.3 cm³/mol. The Hall–Kier alpha value is -0.180. The molecule has 0 saturated heterocycles. The van der Waals surface area contributed by atoms with Crippen molar-refractivity contribution in [2.75, 3.05) is 11.5 Å². The van der Waals surface area contributed by atoms with Crippen molar-refractivity contribution in [3.05, 3.63) is 0 Å². The van der Waals surface area contributed by atoms with Gasteiger partial charge in [0, 0.05) is 12.2 Å². The second kappa shape index (κ2) is 6.53. The van der Waals surface area contributed by atoms with Crippen LogP contribution >= 0.6 is 11.8 Å². The minimum atomic E-state index is 0.307. The highest BCUT2D eigenvalue weighted by Gasteiger charge is 1.98. The van der Waals surface area contributed by atoms with E-state index in [-0.39, 0.29) is 0 Å². The van der Waals surface area contributed by atoms with Crippen LogP contribution in [-0.2, 0) is 0 Å². The first-order valence-corrected chi connectivity index (χ1v) is 5.23. The molecule has 0 aromatic heterocycles. The first-order valence-electron chi connectivity index (χ1n) is 4.07. The van der Waals surface area contributed by atoms with E-state index in [1.807, 2.05) is 11.8 Å². The number of nitrogens with one attached hydrogen (secondary N) is 1. The van der Waals surface area contributed by atoms with Crippen LogP contribution in [0.1, 0.15) is 26.7 Å². The number of hydrogen-bond acceptors (Lipinski definition) is 2. The molecule has 0 aliphatic rings. The molecule has 3 heteroatoms. The maximum Gasteiger partial charge on any atom is 0.0913 e. The molecule has 0 aliphatic heterocycles. The highest BCUT2D eigenvalue weighted by atomic mass is 32.2. The van der Waals surface area contributed by atoms with E-state index in [1.54, 1.807) is 0 Å². The number of thioether (sulfide) groups is 1. The Bertz CT molecular complexity index is 115. The molecule has 1 unspecified atom stereocenters. The summed E-state index contributed by atoms with van der Waals surface area (Å²) in [4.78, 5) is 0. The Labute approximate surface area is 73.4 Å². The second-order valence-electron chi connectivity index (χ2n) is 2.86. The molecule has 3 N–H and O–H groups in total.